The fourth-order valence-corrected chi connectivity index (χ4v) is 4.90. The number of para-hydroxylation sites is 1. The number of nitrogens with two attached hydrogens (primary N) is 1. The van der Waals surface area contributed by atoms with E-state index >= 15 is 0 Å². The maximum atomic E-state index is 12.7. The summed E-state index contributed by atoms with van der Waals surface area (Å²) in [7, 11) is 0. The molecule has 0 radical (unpaired) electrons. The molecule has 0 bridgehead atoms. The van der Waals surface area contributed by atoms with E-state index in [0.717, 1.165) is 30.5 Å². The first-order chi connectivity index (χ1) is 18.7. The second-order valence-electron chi connectivity index (χ2n) is 11.3. The SMILES string of the molecule is CC(C)(C)OC(=O)N1CCCC[C@@H](Nc2c(N)cccc2OC2CCN(C(=O)OCc3ccccc3)CC2)C1. The Labute approximate surface area is 231 Å². The summed E-state index contributed by atoms with van der Waals surface area (Å²) in [5.74, 6) is 0.688. The number of hydrogen-bond donors (Lipinski definition) is 2. The van der Waals surface area contributed by atoms with Crippen LogP contribution in [0.4, 0.5) is 21.0 Å². The van der Waals surface area contributed by atoms with E-state index in [1.54, 1.807) is 9.80 Å². The fraction of sp³-hybridized carbons (Fsp3) is 0.533. The lowest BCUT2D eigenvalue weighted by Gasteiger charge is -2.32. The maximum absolute atomic E-state index is 12.7. The predicted molar refractivity (Wildman–Crippen MR) is 152 cm³/mol. The molecule has 9 nitrogen and oxygen atoms in total. The topological polar surface area (TPSA) is 106 Å². The highest BCUT2D eigenvalue weighted by Gasteiger charge is 2.29. The number of carbonyl (C=O) groups excluding carboxylic acids is 2. The summed E-state index contributed by atoms with van der Waals surface area (Å²) in [6.45, 7) is 8.24. The highest BCUT2D eigenvalue weighted by Crippen LogP contribution is 2.34. The summed E-state index contributed by atoms with van der Waals surface area (Å²) in [4.78, 5) is 28.8. The quantitative estimate of drug-likeness (QED) is 0.458. The number of rotatable bonds is 6. The van der Waals surface area contributed by atoms with Gasteiger partial charge in [0.2, 0.25) is 0 Å². The molecule has 212 valence electrons. The van der Waals surface area contributed by atoms with Crippen LogP contribution in [0.25, 0.3) is 0 Å². The first-order valence-electron chi connectivity index (χ1n) is 13.9. The standard InChI is InChI=1S/C30H42N4O5/c1-30(2,3)39-29(36)34-17-8-7-12-23(20-34)32-27-25(31)13-9-14-26(27)38-24-15-18-33(19-16-24)28(35)37-21-22-10-5-4-6-11-22/h4-6,9-11,13-14,23-24,32H,7-8,12,15-21,31H2,1-3H3/t23-/m1/s1. The van der Waals surface area contributed by atoms with Crippen molar-refractivity contribution in [2.75, 3.05) is 37.2 Å². The van der Waals surface area contributed by atoms with Gasteiger partial charge in [0, 0.05) is 45.1 Å². The molecule has 0 saturated carbocycles. The van der Waals surface area contributed by atoms with Gasteiger partial charge in [-0.2, -0.15) is 0 Å². The fourth-order valence-electron chi connectivity index (χ4n) is 4.90. The highest BCUT2D eigenvalue weighted by molar-refractivity contribution is 5.74. The summed E-state index contributed by atoms with van der Waals surface area (Å²) >= 11 is 0. The van der Waals surface area contributed by atoms with Gasteiger partial charge in [-0.15, -0.1) is 0 Å². The van der Waals surface area contributed by atoms with Crippen molar-refractivity contribution in [3.63, 3.8) is 0 Å². The van der Waals surface area contributed by atoms with Gasteiger partial charge in [0.15, 0.2) is 0 Å². The summed E-state index contributed by atoms with van der Waals surface area (Å²) in [5.41, 5.74) is 8.16. The predicted octanol–water partition coefficient (Wildman–Crippen LogP) is 5.65. The van der Waals surface area contributed by atoms with Crippen molar-refractivity contribution in [1.82, 2.24) is 9.80 Å². The third-order valence-electron chi connectivity index (χ3n) is 6.93. The minimum absolute atomic E-state index is 0.0216. The second kappa shape index (κ2) is 13.0. The van der Waals surface area contributed by atoms with Crippen LogP contribution in [0.5, 0.6) is 5.75 Å². The molecule has 2 saturated heterocycles. The van der Waals surface area contributed by atoms with Crippen LogP contribution in [0.15, 0.2) is 48.5 Å². The Morgan fingerprint density at radius 1 is 0.923 bits per heavy atom. The number of ether oxygens (including phenoxy) is 3. The van der Waals surface area contributed by atoms with Crippen molar-refractivity contribution in [3.05, 3.63) is 54.1 Å². The summed E-state index contributed by atoms with van der Waals surface area (Å²) in [5, 5.41) is 3.57. The van der Waals surface area contributed by atoms with E-state index in [0.29, 0.717) is 50.5 Å². The number of hydrogen-bond acceptors (Lipinski definition) is 7. The van der Waals surface area contributed by atoms with E-state index in [1.165, 1.54) is 0 Å². The van der Waals surface area contributed by atoms with Gasteiger partial charge in [-0.25, -0.2) is 9.59 Å². The molecule has 4 rings (SSSR count). The van der Waals surface area contributed by atoms with Gasteiger partial charge in [-0.1, -0.05) is 36.4 Å². The normalized spacial score (nSPS) is 18.7. The van der Waals surface area contributed by atoms with E-state index in [9.17, 15) is 9.59 Å². The summed E-state index contributed by atoms with van der Waals surface area (Å²) in [6.07, 6.45) is 3.61. The molecule has 0 spiro atoms. The van der Waals surface area contributed by atoms with E-state index in [1.807, 2.05) is 69.3 Å². The third-order valence-corrected chi connectivity index (χ3v) is 6.93. The smallest absolute Gasteiger partial charge is 0.410 e. The zero-order valence-electron chi connectivity index (χ0n) is 23.4. The van der Waals surface area contributed by atoms with Crippen LogP contribution in [0.2, 0.25) is 0 Å². The molecule has 2 aliphatic heterocycles. The minimum Gasteiger partial charge on any atom is -0.488 e. The lowest BCUT2D eigenvalue weighted by Crippen LogP contribution is -2.42. The van der Waals surface area contributed by atoms with Crippen molar-refractivity contribution in [1.29, 1.82) is 0 Å². The Bertz CT molecular complexity index is 1100. The molecular formula is C30H42N4O5. The average Bonchev–Trinajstić information content (AvgIpc) is 3.15. The molecule has 1 atom stereocenters. The van der Waals surface area contributed by atoms with Gasteiger partial charge in [0.1, 0.15) is 29.7 Å². The summed E-state index contributed by atoms with van der Waals surface area (Å²) < 4.78 is 17.5. The van der Waals surface area contributed by atoms with Gasteiger partial charge >= 0.3 is 12.2 Å². The van der Waals surface area contributed by atoms with Crippen molar-refractivity contribution in [3.8, 4) is 5.75 Å². The lowest BCUT2D eigenvalue weighted by atomic mass is 10.1. The lowest BCUT2D eigenvalue weighted by molar-refractivity contribution is 0.0252. The van der Waals surface area contributed by atoms with Crippen molar-refractivity contribution >= 4 is 23.6 Å². The Balaban J connectivity index is 1.32. The number of anilines is 2. The van der Waals surface area contributed by atoms with Crippen molar-refractivity contribution in [2.45, 2.75) is 77.2 Å². The van der Waals surface area contributed by atoms with Crippen LogP contribution in [0.3, 0.4) is 0 Å². The Hall–Kier alpha value is -3.62. The summed E-state index contributed by atoms with van der Waals surface area (Å²) in [6, 6.07) is 15.3. The molecule has 0 aromatic heterocycles. The van der Waals surface area contributed by atoms with Crippen LogP contribution in [0, 0.1) is 0 Å². The number of carbonyl (C=O) groups is 2. The zero-order chi connectivity index (χ0) is 27.8. The highest BCUT2D eigenvalue weighted by atomic mass is 16.6. The molecular weight excluding hydrogens is 496 g/mol. The van der Waals surface area contributed by atoms with Gasteiger partial charge < -0.3 is 35.1 Å². The number of amides is 2. The minimum atomic E-state index is -0.536. The molecule has 2 amide bonds. The molecule has 2 aliphatic rings. The van der Waals surface area contributed by atoms with Gasteiger partial charge in [0.25, 0.3) is 0 Å². The van der Waals surface area contributed by atoms with Crippen LogP contribution in [-0.2, 0) is 16.1 Å². The van der Waals surface area contributed by atoms with Crippen LogP contribution in [-0.4, -0.2) is 65.9 Å². The number of nitrogens with one attached hydrogen (secondary N) is 1. The zero-order valence-corrected chi connectivity index (χ0v) is 23.4. The van der Waals surface area contributed by atoms with Gasteiger partial charge in [-0.05, 0) is 57.7 Å². The number of piperidine rings is 1. The first kappa shape index (κ1) is 28.4. The molecule has 2 aromatic carbocycles. The van der Waals surface area contributed by atoms with E-state index in [4.69, 9.17) is 19.9 Å². The molecule has 0 unspecified atom stereocenters. The number of likely N-dealkylation sites (tertiary alicyclic amines) is 2. The van der Waals surface area contributed by atoms with E-state index in [-0.39, 0.29) is 30.9 Å². The number of nitrogen functional groups attached to an aromatic ring is 1. The molecule has 39 heavy (non-hydrogen) atoms. The van der Waals surface area contributed by atoms with Crippen molar-refractivity contribution < 1.29 is 23.8 Å². The Kier molecular flexibility index (Phi) is 9.43. The monoisotopic (exact) mass is 538 g/mol. The maximum Gasteiger partial charge on any atom is 0.410 e. The van der Waals surface area contributed by atoms with Crippen LogP contribution >= 0.6 is 0 Å². The molecule has 2 fully saturated rings. The molecule has 9 heteroatoms. The van der Waals surface area contributed by atoms with E-state index in [2.05, 4.69) is 5.32 Å². The number of nitrogens with zero attached hydrogens (tertiary/aromatic N) is 2. The Morgan fingerprint density at radius 3 is 2.38 bits per heavy atom. The average molecular weight is 539 g/mol. The van der Waals surface area contributed by atoms with Gasteiger partial charge in [-0.3, -0.25) is 0 Å². The van der Waals surface area contributed by atoms with Crippen molar-refractivity contribution in [2.24, 2.45) is 0 Å². The molecule has 0 aliphatic carbocycles. The van der Waals surface area contributed by atoms with Crippen LogP contribution < -0.4 is 15.8 Å². The molecule has 2 heterocycles. The largest absolute Gasteiger partial charge is 0.488 e. The number of benzene rings is 2. The molecule has 3 N–H and O–H groups in total. The second-order valence-corrected chi connectivity index (χ2v) is 11.3. The third kappa shape index (κ3) is 8.43. The van der Waals surface area contributed by atoms with Crippen LogP contribution in [0.1, 0.15) is 58.4 Å². The Morgan fingerprint density at radius 2 is 1.67 bits per heavy atom. The molecule has 2 aromatic rings. The first-order valence-corrected chi connectivity index (χ1v) is 13.9. The van der Waals surface area contributed by atoms with E-state index < -0.39 is 5.60 Å². The van der Waals surface area contributed by atoms with Gasteiger partial charge in [0.05, 0.1) is 5.69 Å².